The molecule has 0 spiro atoms. The molecular formula is C11H12N4S. The average Bonchev–Trinajstić information content (AvgIpc) is 2.81. The Kier molecular flexibility index (Phi) is 3.50. The van der Waals surface area contributed by atoms with Crippen molar-refractivity contribution >= 4 is 23.0 Å². The number of benzene rings is 1. The highest BCUT2D eigenvalue weighted by Gasteiger charge is 1.95. The van der Waals surface area contributed by atoms with E-state index in [-0.39, 0.29) is 0 Å². The predicted molar refractivity (Wildman–Crippen MR) is 67.5 cm³/mol. The molecule has 0 saturated carbocycles. The van der Waals surface area contributed by atoms with Crippen LogP contribution in [-0.4, -0.2) is 10.9 Å². The van der Waals surface area contributed by atoms with Gasteiger partial charge in [0.2, 0.25) is 0 Å². The Balaban J connectivity index is 1.93. The molecule has 0 radical (unpaired) electrons. The molecule has 1 aromatic heterocycles. The van der Waals surface area contributed by atoms with Gasteiger partial charge in [-0.25, -0.2) is 4.99 Å². The summed E-state index contributed by atoms with van der Waals surface area (Å²) in [5.41, 5.74) is 8.47. The third-order valence-corrected chi connectivity index (χ3v) is 2.70. The van der Waals surface area contributed by atoms with Gasteiger partial charge in [0.15, 0.2) is 5.96 Å². The molecule has 0 amide bonds. The fourth-order valence-electron chi connectivity index (χ4n) is 1.19. The molecule has 2 aromatic rings. The van der Waals surface area contributed by atoms with E-state index in [4.69, 9.17) is 5.73 Å². The first-order chi connectivity index (χ1) is 7.84. The number of nitrogens with zero attached hydrogens (tertiary/aromatic N) is 2. The van der Waals surface area contributed by atoms with Crippen molar-refractivity contribution < 1.29 is 0 Å². The van der Waals surface area contributed by atoms with Crippen LogP contribution in [0.4, 0.5) is 5.69 Å². The van der Waals surface area contributed by atoms with Gasteiger partial charge in [-0.05, 0) is 12.1 Å². The molecule has 0 aliphatic heterocycles. The second kappa shape index (κ2) is 5.27. The molecule has 0 aliphatic rings. The molecule has 0 atom stereocenters. The van der Waals surface area contributed by atoms with Crippen molar-refractivity contribution in [2.45, 2.75) is 6.54 Å². The van der Waals surface area contributed by atoms with Crippen LogP contribution in [0, 0.1) is 0 Å². The van der Waals surface area contributed by atoms with Crippen molar-refractivity contribution in [2.75, 3.05) is 5.32 Å². The molecule has 3 N–H and O–H groups in total. The Morgan fingerprint density at radius 2 is 2.19 bits per heavy atom. The van der Waals surface area contributed by atoms with Crippen LogP contribution in [0.1, 0.15) is 4.88 Å². The van der Waals surface area contributed by atoms with Gasteiger partial charge in [-0.3, -0.25) is 4.98 Å². The molecule has 0 unspecified atom stereocenters. The summed E-state index contributed by atoms with van der Waals surface area (Å²) in [6.07, 6.45) is 1.80. The number of aromatic nitrogens is 1. The molecule has 0 bridgehead atoms. The monoisotopic (exact) mass is 232 g/mol. The lowest BCUT2D eigenvalue weighted by Crippen LogP contribution is -2.22. The number of thiazole rings is 1. The fourth-order valence-corrected chi connectivity index (χ4v) is 1.71. The van der Waals surface area contributed by atoms with Crippen molar-refractivity contribution in [3.05, 3.63) is 46.9 Å². The maximum atomic E-state index is 5.75. The van der Waals surface area contributed by atoms with Crippen molar-refractivity contribution in [1.82, 2.24) is 4.98 Å². The Labute approximate surface area is 97.9 Å². The van der Waals surface area contributed by atoms with Gasteiger partial charge in [0.05, 0.1) is 12.1 Å². The van der Waals surface area contributed by atoms with Gasteiger partial charge in [0.1, 0.15) is 0 Å². The van der Waals surface area contributed by atoms with Crippen LogP contribution in [0.5, 0.6) is 0 Å². The summed E-state index contributed by atoms with van der Waals surface area (Å²) >= 11 is 1.57. The topological polar surface area (TPSA) is 63.3 Å². The van der Waals surface area contributed by atoms with Crippen LogP contribution in [-0.2, 0) is 6.54 Å². The lowest BCUT2D eigenvalue weighted by atomic mass is 10.3. The standard InChI is InChI=1S/C11H12N4S/c12-11(14-7-10-6-13-8-16-10)15-9-4-2-1-3-5-9/h1-6,8H,7H2,(H3,12,14,15). The van der Waals surface area contributed by atoms with E-state index in [2.05, 4.69) is 15.3 Å². The Hall–Kier alpha value is -1.88. The molecule has 0 saturated heterocycles. The first-order valence-electron chi connectivity index (χ1n) is 4.84. The van der Waals surface area contributed by atoms with Gasteiger partial charge in [0, 0.05) is 16.8 Å². The van der Waals surface area contributed by atoms with Crippen LogP contribution >= 0.6 is 11.3 Å². The van der Waals surface area contributed by atoms with E-state index in [0.29, 0.717) is 12.5 Å². The number of anilines is 1. The molecule has 16 heavy (non-hydrogen) atoms. The highest BCUT2D eigenvalue weighted by molar-refractivity contribution is 7.09. The summed E-state index contributed by atoms with van der Waals surface area (Å²) in [5.74, 6) is 0.416. The zero-order chi connectivity index (χ0) is 11.2. The molecule has 1 aromatic carbocycles. The first-order valence-corrected chi connectivity index (χ1v) is 5.72. The third-order valence-electron chi connectivity index (χ3n) is 1.93. The van der Waals surface area contributed by atoms with Crippen molar-refractivity contribution in [2.24, 2.45) is 10.7 Å². The van der Waals surface area contributed by atoms with Gasteiger partial charge < -0.3 is 11.1 Å². The van der Waals surface area contributed by atoms with Crippen LogP contribution < -0.4 is 11.1 Å². The highest BCUT2D eigenvalue weighted by Crippen LogP contribution is 2.07. The molecule has 0 fully saturated rings. The molecule has 2 rings (SSSR count). The van der Waals surface area contributed by atoms with Crippen LogP contribution in [0.3, 0.4) is 0 Å². The highest BCUT2D eigenvalue weighted by atomic mass is 32.1. The Morgan fingerprint density at radius 3 is 2.88 bits per heavy atom. The molecule has 5 heteroatoms. The summed E-state index contributed by atoms with van der Waals surface area (Å²) in [6, 6.07) is 9.72. The Bertz CT molecular complexity index is 450. The number of nitrogens with one attached hydrogen (secondary N) is 1. The summed E-state index contributed by atoms with van der Waals surface area (Å²) in [5, 5.41) is 3.02. The number of aliphatic imine (C=N–C) groups is 1. The number of rotatable bonds is 3. The lowest BCUT2D eigenvalue weighted by molar-refractivity contribution is 1.08. The number of guanidine groups is 1. The minimum absolute atomic E-state index is 0.416. The maximum Gasteiger partial charge on any atom is 0.193 e. The van der Waals surface area contributed by atoms with Crippen LogP contribution in [0.25, 0.3) is 0 Å². The third kappa shape index (κ3) is 3.06. The SMILES string of the molecule is NC(=NCc1cncs1)Nc1ccccc1. The summed E-state index contributed by atoms with van der Waals surface area (Å²) < 4.78 is 0. The van der Waals surface area contributed by atoms with Crippen molar-refractivity contribution in [3.8, 4) is 0 Å². The normalized spacial score (nSPS) is 11.4. The largest absolute Gasteiger partial charge is 0.370 e. The van der Waals surface area contributed by atoms with E-state index in [9.17, 15) is 0 Å². The molecule has 0 aliphatic carbocycles. The van der Waals surface area contributed by atoms with Crippen LogP contribution in [0.15, 0.2) is 47.0 Å². The lowest BCUT2D eigenvalue weighted by Gasteiger charge is -2.04. The number of hydrogen-bond acceptors (Lipinski definition) is 3. The Morgan fingerprint density at radius 1 is 1.38 bits per heavy atom. The number of hydrogen-bond donors (Lipinski definition) is 2. The second-order valence-electron chi connectivity index (χ2n) is 3.16. The summed E-state index contributed by atoms with van der Waals surface area (Å²) in [4.78, 5) is 9.28. The zero-order valence-corrected chi connectivity index (χ0v) is 9.45. The van der Waals surface area contributed by atoms with E-state index < -0.39 is 0 Å². The molecular weight excluding hydrogens is 220 g/mol. The second-order valence-corrected chi connectivity index (χ2v) is 4.13. The van der Waals surface area contributed by atoms with Gasteiger partial charge in [-0.2, -0.15) is 0 Å². The first kappa shape index (κ1) is 10.6. The molecule has 4 nitrogen and oxygen atoms in total. The van der Waals surface area contributed by atoms with Crippen molar-refractivity contribution in [3.63, 3.8) is 0 Å². The van der Waals surface area contributed by atoms with Gasteiger partial charge in [-0.15, -0.1) is 11.3 Å². The van der Waals surface area contributed by atoms with E-state index in [1.807, 2.05) is 30.3 Å². The average molecular weight is 232 g/mol. The van der Waals surface area contributed by atoms with E-state index in [1.165, 1.54) is 0 Å². The van der Waals surface area contributed by atoms with Gasteiger partial charge in [-0.1, -0.05) is 18.2 Å². The van der Waals surface area contributed by atoms with Gasteiger partial charge in [0.25, 0.3) is 0 Å². The molecule has 82 valence electrons. The molecule has 1 heterocycles. The fraction of sp³-hybridized carbons (Fsp3) is 0.0909. The maximum absolute atomic E-state index is 5.75. The van der Waals surface area contributed by atoms with E-state index in [1.54, 1.807) is 23.0 Å². The van der Waals surface area contributed by atoms with Crippen molar-refractivity contribution in [1.29, 1.82) is 0 Å². The van der Waals surface area contributed by atoms with Gasteiger partial charge >= 0.3 is 0 Å². The minimum atomic E-state index is 0.416. The van der Waals surface area contributed by atoms with E-state index in [0.717, 1.165) is 10.6 Å². The van der Waals surface area contributed by atoms with Crippen LogP contribution in [0.2, 0.25) is 0 Å². The number of para-hydroxylation sites is 1. The zero-order valence-electron chi connectivity index (χ0n) is 8.63. The minimum Gasteiger partial charge on any atom is -0.370 e. The van der Waals surface area contributed by atoms with E-state index >= 15 is 0 Å². The smallest absolute Gasteiger partial charge is 0.193 e. The number of nitrogens with two attached hydrogens (primary N) is 1. The summed E-state index contributed by atoms with van der Waals surface area (Å²) in [7, 11) is 0. The summed E-state index contributed by atoms with van der Waals surface area (Å²) in [6.45, 7) is 0.566. The quantitative estimate of drug-likeness (QED) is 0.629. The predicted octanol–water partition coefficient (Wildman–Crippen LogP) is 2.07.